The van der Waals surface area contributed by atoms with Gasteiger partial charge in [-0.2, -0.15) is 0 Å². The van der Waals surface area contributed by atoms with Crippen molar-refractivity contribution in [2.45, 2.75) is 373 Å². The van der Waals surface area contributed by atoms with Crippen LogP contribution < -0.4 is 5.32 Å². The summed E-state index contributed by atoms with van der Waals surface area (Å²) in [6.45, 7) is 4.85. The highest BCUT2D eigenvalue weighted by Crippen LogP contribution is 2.43. The highest BCUT2D eigenvalue weighted by molar-refractivity contribution is 7.47. The number of hydrogen-bond donors (Lipinski definition) is 3. The van der Waals surface area contributed by atoms with E-state index in [1.165, 1.54) is 295 Å². The highest BCUT2D eigenvalue weighted by Gasteiger charge is 2.28. The van der Waals surface area contributed by atoms with Crippen LogP contribution in [0.4, 0.5) is 0 Å². The number of carbonyl (C=O) groups excluding carboxylic acids is 1. The van der Waals surface area contributed by atoms with Crippen molar-refractivity contribution in [2.24, 2.45) is 0 Å². The van der Waals surface area contributed by atoms with Crippen LogP contribution in [-0.2, 0) is 18.4 Å². The molecule has 0 saturated heterocycles. The number of quaternary nitrogens is 1. The van der Waals surface area contributed by atoms with Gasteiger partial charge in [0.2, 0.25) is 5.91 Å². The van der Waals surface area contributed by atoms with Gasteiger partial charge in [-0.25, -0.2) is 4.57 Å². The van der Waals surface area contributed by atoms with Crippen molar-refractivity contribution < 1.29 is 32.9 Å². The zero-order valence-corrected chi connectivity index (χ0v) is 55.2. The molecule has 0 aliphatic rings. The molecule has 80 heavy (non-hydrogen) atoms. The van der Waals surface area contributed by atoms with Crippen LogP contribution in [0.15, 0.2) is 36.5 Å². The Kier molecular flexibility index (Phi) is 61.3. The Balaban J connectivity index is 4.10. The van der Waals surface area contributed by atoms with E-state index in [0.717, 1.165) is 44.9 Å². The molecule has 3 atom stereocenters. The number of aliphatic hydroxyl groups excluding tert-OH is 1. The molecule has 0 aliphatic carbocycles. The molecular formula is C71H140N2O6P+. The fourth-order valence-corrected chi connectivity index (χ4v) is 11.6. The Morgan fingerprint density at radius 1 is 0.412 bits per heavy atom. The maximum atomic E-state index is 13.0. The minimum Gasteiger partial charge on any atom is -0.387 e. The standard InChI is InChI=1S/C71H139N2O6P/c1-6-8-10-12-14-16-18-20-22-24-26-28-30-32-34-35-36-37-38-39-40-42-44-46-48-50-52-54-56-58-60-62-64-70(74)69(68-79-80(76,77)78-67-66-73(3,4)5)72-71(75)65-63-61-59-57-55-53-51-49-47-45-43-41-33-31-29-27-25-23-21-19-17-15-13-11-9-7-2/h46,48,54,56,62,64,69-70,74H,6-45,47,49-53,55,57-61,63,65-68H2,1-5H3,(H-,72,75,76,77)/p+1/b48-46+,56-54+,64-62+. The van der Waals surface area contributed by atoms with E-state index in [9.17, 15) is 19.4 Å². The number of nitrogens with one attached hydrogen (secondary N) is 1. The fourth-order valence-electron chi connectivity index (χ4n) is 10.8. The van der Waals surface area contributed by atoms with E-state index in [2.05, 4.69) is 43.5 Å². The summed E-state index contributed by atoms with van der Waals surface area (Å²) < 4.78 is 23.8. The summed E-state index contributed by atoms with van der Waals surface area (Å²) in [6, 6.07) is -0.869. The van der Waals surface area contributed by atoms with Crippen LogP contribution in [0.3, 0.4) is 0 Å². The molecule has 474 valence electrons. The zero-order valence-electron chi connectivity index (χ0n) is 54.3. The van der Waals surface area contributed by atoms with Gasteiger partial charge in [0.25, 0.3) is 0 Å². The van der Waals surface area contributed by atoms with E-state index in [0.29, 0.717) is 17.4 Å². The van der Waals surface area contributed by atoms with Crippen molar-refractivity contribution in [1.29, 1.82) is 0 Å². The average molecular weight is 1150 g/mol. The lowest BCUT2D eigenvalue weighted by Gasteiger charge is -2.25. The maximum Gasteiger partial charge on any atom is 0.472 e. The van der Waals surface area contributed by atoms with E-state index < -0.39 is 20.0 Å². The third-order valence-electron chi connectivity index (χ3n) is 16.3. The Labute approximate surface area is 499 Å². The molecule has 0 aliphatic heterocycles. The maximum absolute atomic E-state index is 13.0. The number of phosphoric acid groups is 1. The van der Waals surface area contributed by atoms with Gasteiger partial charge < -0.3 is 19.8 Å². The van der Waals surface area contributed by atoms with Crippen LogP contribution in [0, 0.1) is 0 Å². The van der Waals surface area contributed by atoms with Crippen LogP contribution in [0.25, 0.3) is 0 Å². The summed E-state index contributed by atoms with van der Waals surface area (Å²) in [4.78, 5) is 23.4. The lowest BCUT2D eigenvalue weighted by Crippen LogP contribution is -2.45. The molecule has 3 N–H and O–H groups in total. The number of phosphoric ester groups is 1. The second-order valence-corrected chi connectivity index (χ2v) is 27.1. The van der Waals surface area contributed by atoms with Gasteiger partial charge in [0.05, 0.1) is 39.9 Å². The average Bonchev–Trinajstić information content (AvgIpc) is 3.42. The molecule has 8 nitrogen and oxygen atoms in total. The highest BCUT2D eigenvalue weighted by atomic mass is 31.2. The topological polar surface area (TPSA) is 105 Å². The molecule has 0 aromatic carbocycles. The first-order chi connectivity index (χ1) is 39.0. The number of amides is 1. The molecular weight excluding hydrogens is 1010 g/mol. The normalized spacial score (nSPS) is 13.8. The van der Waals surface area contributed by atoms with Crippen LogP contribution in [0.1, 0.15) is 361 Å². The number of likely N-dealkylation sites (N-methyl/N-ethyl adjacent to an activating group) is 1. The second kappa shape index (κ2) is 62.3. The van der Waals surface area contributed by atoms with Gasteiger partial charge in [-0.05, 0) is 44.9 Å². The second-order valence-electron chi connectivity index (χ2n) is 25.6. The van der Waals surface area contributed by atoms with Gasteiger partial charge in [0, 0.05) is 6.42 Å². The minimum absolute atomic E-state index is 0.0554. The summed E-state index contributed by atoms with van der Waals surface area (Å²) in [6.07, 6.45) is 83.1. The van der Waals surface area contributed by atoms with E-state index in [-0.39, 0.29) is 19.1 Å². The summed E-state index contributed by atoms with van der Waals surface area (Å²) in [5.74, 6) is -0.183. The van der Waals surface area contributed by atoms with Crippen LogP contribution in [-0.4, -0.2) is 73.4 Å². The van der Waals surface area contributed by atoms with Gasteiger partial charge in [-0.15, -0.1) is 0 Å². The monoisotopic (exact) mass is 1150 g/mol. The van der Waals surface area contributed by atoms with Gasteiger partial charge in [0.1, 0.15) is 13.2 Å². The summed E-state index contributed by atoms with van der Waals surface area (Å²) in [5, 5.41) is 14.0. The van der Waals surface area contributed by atoms with Crippen molar-refractivity contribution in [2.75, 3.05) is 40.9 Å². The minimum atomic E-state index is -4.36. The Morgan fingerprint density at radius 2 is 0.688 bits per heavy atom. The number of allylic oxidation sites excluding steroid dienone is 5. The number of carbonyl (C=O) groups is 1. The molecule has 3 unspecified atom stereocenters. The molecule has 0 fully saturated rings. The SMILES string of the molecule is CCCCCCCCCCCCCCCCCCCCCCCC/C=C/CC/C=C/CC/C=C/C(O)C(COP(=O)(O)OCC[N+](C)(C)C)NC(=O)CCCCCCCCCCCCCCCCCCCCCCCCCCCC. The zero-order chi connectivity index (χ0) is 58.4. The first-order valence-corrected chi connectivity index (χ1v) is 36.9. The smallest absolute Gasteiger partial charge is 0.387 e. The predicted octanol–water partition coefficient (Wildman–Crippen LogP) is 22.4. The molecule has 0 bridgehead atoms. The molecule has 0 saturated carbocycles. The van der Waals surface area contributed by atoms with Crippen molar-refractivity contribution in [3.05, 3.63) is 36.5 Å². The molecule has 0 aromatic heterocycles. The van der Waals surface area contributed by atoms with E-state index in [4.69, 9.17) is 9.05 Å². The molecule has 0 rings (SSSR count). The summed E-state index contributed by atoms with van der Waals surface area (Å²) in [5.41, 5.74) is 0. The fraction of sp³-hybridized carbons (Fsp3) is 0.901. The molecule has 0 aromatic rings. The Morgan fingerprint density at radius 3 is 1.00 bits per heavy atom. The van der Waals surface area contributed by atoms with Crippen molar-refractivity contribution in [3.8, 4) is 0 Å². The number of rotatable bonds is 66. The third-order valence-corrected chi connectivity index (χ3v) is 17.3. The molecule has 1 amide bonds. The van der Waals surface area contributed by atoms with Crippen LogP contribution in [0.5, 0.6) is 0 Å². The van der Waals surface area contributed by atoms with E-state index in [1.54, 1.807) is 6.08 Å². The Hall–Kier alpha value is -1.28. The summed E-state index contributed by atoms with van der Waals surface area (Å²) in [7, 11) is 1.56. The molecule has 0 spiro atoms. The number of aliphatic hydroxyl groups is 1. The lowest BCUT2D eigenvalue weighted by molar-refractivity contribution is -0.870. The third kappa shape index (κ3) is 64.3. The van der Waals surface area contributed by atoms with Gasteiger partial charge >= 0.3 is 7.82 Å². The number of unbranched alkanes of at least 4 members (excludes halogenated alkanes) is 49. The predicted molar refractivity (Wildman–Crippen MR) is 351 cm³/mol. The van der Waals surface area contributed by atoms with Crippen molar-refractivity contribution >= 4 is 13.7 Å². The van der Waals surface area contributed by atoms with Gasteiger partial charge in [-0.1, -0.05) is 346 Å². The van der Waals surface area contributed by atoms with E-state index >= 15 is 0 Å². The van der Waals surface area contributed by atoms with Crippen LogP contribution >= 0.6 is 7.82 Å². The first-order valence-electron chi connectivity index (χ1n) is 35.4. The van der Waals surface area contributed by atoms with E-state index in [1.807, 2.05) is 27.2 Å². The first kappa shape index (κ1) is 78.7. The number of nitrogens with zero attached hydrogens (tertiary/aromatic N) is 1. The van der Waals surface area contributed by atoms with Gasteiger partial charge in [0.15, 0.2) is 0 Å². The summed E-state index contributed by atoms with van der Waals surface area (Å²) >= 11 is 0. The van der Waals surface area contributed by atoms with Crippen LogP contribution in [0.2, 0.25) is 0 Å². The largest absolute Gasteiger partial charge is 0.472 e. The molecule has 0 radical (unpaired) electrons. The van der Waals surface area contributed by atoms with Crippen molar-refractivity contribution in [3.63, 3.8) is 0 Å². The lowest BCUT2D eigenvalue weighted by atomic mass is 10.0. The van der Waals surface area contributed by atoms with Crippen molar-refractivity contribution in [1.82, 2.24) is 5.32 Å². The molecule has 0 heterocycles. The quantitative estimate of drug-likeness (QED) is 0.0243. The molecule has 9 heteroatoms. The van der Waals surface area contributed by atoms with Gasteiger partial charge in [-0.3, -0.25) is 13.8 Å². The Bertz CT molecular complexity index is 1400. The number of hydrogen-bond acceptors (Lipinski definition) is 5.